The molecule has 0 aromatic carbocycles. The Kier molecular flexibility index (Phi) is 4.71. The van der Waals surface area contributed by atoms with E-state index in [0.29, 0.717) is 18.8 Å². The maximum absolute atomic E-state index is 13.0. The van der Waals surface area contributed by atoms with Gasteiger partial charge >= 0.3 is 0 Å². The Labute approximate surface area is 154 Å². The molecule has 0 saturated carbocycles. The van der Waals surface area contributed by atoms with Crippen molar-refractivity contribution in [3.05, 3.63) is 35.8 Å². The summed E-state index contributed by atoms with van der Waals surface area (Å²) in [4.78, 5) is 21.9. The lowest BCUT2D eigenvalue weighted by Crippen LogP contribution is -2.47. The van der Waals surface area contributed by atoms with Gasteiger partial charge in [0.15, 0.2) is 5.69 Å². The Bertz CT molecular complexity index is 796. The highest BCUT2D eigenvalue weighted by Crippen LogP contribution is 2.27. The predicted octanol–water partition coefficient (Wildman–Crippen LogP) is 2.31. The number of fused-ring (bicyclic) bond motifs is 1. The van der Waals surface area contributed by atoms with Gasteiger partial charge in [-0.1, -0.05) is 13.0 Å². The van der Waals surface area contributed by atoms with Crippen LogP contribution in [0.1, 0.15) is 55.2 Å². The maximum atomic E-state index is 13.0. The lowest BCUT2D eigenvalue weighted by atomic mass is 9.90. The molecule has 0 aliphatic carbocycles. The van der Waals surface area contributed by atoms with Crippen LogP contribution in [0.4, 0.5) is 0 Å². The topological polar surface area (TPSA) is 61.1 Å². The summed E-state index contributed by atoms with van der Waals surface area (Å²) in [5.41, 5.74) is 1.71. The van der Waals surface area contributed by atoms with Gasteiger partial charge in [0.25, 0.3) is 5.91 Å². The van der Waals surface area contributed by atoms with Crippen molar-refractivity contribution in [2.24, 2.45) is 0 Å². The molecule has 0 bridgehead atoms. The number of aromatic nitrogens is 2. The highest BCUT2D eigenvalue weighted by molar-refractivity contribution is 5.94. The SMILES string of the molecule is CC[C@@]1(O)CCCN(Cc2c(C(=O)N3CCCC3)nc3ccccn23)C1. The van der Waals surface area contributed by atoms with E-state index in [0.717, 1.165) is 63.1 Å². The highest BCUT2D eigenvalue weighted by Gasteiger charge is 2.33. The summed E-state index contributed by atoms with van der Waals surface area (Å²) in [6.45, 7) is 5.93. The van der Waals surface area contributed by atoms with Crippen LogP contribution in [-0.4, -0.2) is 62.0 Å². The second kappa shape index (κ2) is 7.00. The van der Waals surface area contributed by atoms with Crippen molar-refractivity contribution < 1.29 is 9.90 Å². The summed E-state index contributed by atoms with van der Waals surface area (Å²) in [6.07, 6.45) is 6.72. The minimum Gasteiger partial charge on any atom is -0.389 e. The number of rotatable bonds is 4. The Balaban J connectivity index is 1.66. The third kappa shape index (κ3) is 3.23. The number of hydrogen-bond donors (Lipinski definition) is 1. The van der Waals surface area contributed by atoms with Crippen LogP contribution in [-0.2, 0) is 6.54 Å². The average molecular weight is 356 g/mol. The number of carbonyl (C=O) groups excluding carboxylic acids is 1. The van der Waals surface area contributed by atoms with Crippen LogP contribution in [0.5, 0.6) is 0 Å². The van der Waals surface area contributed by atoms with E-state index in [-0.39, 0.29) is 5.91 Å². The van der Waals surface area contributed by atoms with Gasteiger partial charge in [0, 0.05) is 32.4 Å². The van der Waals surface area contributed by atoms with Crippen molar-refractivity contribution in [2.75, 3.05) is 26.2 Å². The van der Waals surface area contributed by atoms with Crippen molar-refractivity contribution >= 4 is 11.6 Å². The zero-order chi connectivity index (χ0) is 18.1. The fraction of sp³-hybridized carbons (Fsp3) is 0.600. The zero-order valence-corrected chi connectivity index (χ0v) is 15.5. The molecule has 2 aromatic rings. The number of β-amino-alcohol motifs (C(OH)–C–C–N with tert-alkyl or cyclic N) is 1. The largest absolute Gasteiger partial charge is 0.389 e. The molecule has 2 aliphatic heterocycles. The second-order valence-electron chi connectivity index (χ2n) is 7.73. The van der Waals surface area contributed by atoms with Gasteiger partial charge in [0.05, 0.1) is 11.3 Å². The molecule has 4 rings (SSSR count). The lowest BCUT2D eigenvalue weighted by molar-refractivity contribution is -0.0361. The van der Waals surface area contributed by atoms with Gasteiger partial charge in [-0.3, -0.25) is 9.69 Å². The van der Waals surface area contributed by atoms with Gasteiger partial charge in [0.1, 0.15) is 5.65 Å². The van der Waals surface area contributed by atoms with Gasteiger partial charge in [-0.25, -0.2) is 4.98 Å². The lowest BCUT2D eigenvalue weighted by Gasteiger charge is -2.38. The standard InChI is InChI=1S/C20H28N4O2/c1-2-20(26)9-7-10-22(15-20)14-16-18(19(25)23-11-5-6-12-23)21-17-8-3-4-13-24(16)17/h3-4,8,13,26H,2,5-7,9-12,14-15H2,1H3/t20-/m1/s1. The third-order valence-corrected chi connectivity index (χ3v) is 5.89. The molecule has 1 amide bonds. The molecule has 0 spiro atoms. The Morgan fingerprint density at radius 1 is 1.23 bits per heavy atom. The zero-order valence-electron chi connectivity index (χ0n) is 15.5. The number of hydrogen-bond acceptors (Lipinski definition) is 4. The third-order valence-electron chi connectivity index (χ3n) is 5.89. The van der Waals surface area contributed by atoms with Crippen molar-refractivity contribution in [1.29, 1.82) is 0 Å². The predicted molar refractivity (Wildman–Crippen MR) is 100 cm³/mol. The van der Waals surface area contributed by atoms with E-state index >= 15 is 0 Å². The van der Waals surface area contributed by atoms with Gasteiger partial charge in [-0.05, 0) is 50.8 Å². The van der Waals surface area contributed by atoms with E-state index in [9.17, 15) is 9.90 Å². The monoisotopic (exact) mass is 356 g/mol. The number of nitrogens with zero attached hydrogens (tertiary/aromatic N) is 4. The van der Waals surface area contributed by atoms with Crippen molar-refractivity contribution in [3.63, 3.8) is 0 Å². The first-order valence-corrected chi connectivity index (χ1v) is 9.80. The normalized spacial score (nSPS) is 24.5. The first-order valence-electron chi connectivity index (χ1n) is 9.80. The summed E-state index contributed by atoms with van der Waals surface area (Å²) in [5, 5.41) is 10.7. The molecule has 0 radical (unpaired) electrons. The number of imidazole rings is 1. The smallest absolute Gasteiger partial charge is 0.274 e. The Hall–Kier alpha value is -1.92. The quantitative estimate of drug-likeness (QED) is 0.913. The summed E-state index contributed by atoms with van der Waals surface area (Å²) in [5.74, 6) is 0.0453. The maximum Gasteiger partial charge on any atom is 0.274 e. The van der Waals surface area contributed by atoms with Crippen molar-refractivity contribution in [3.8, 4) is 0 Å². The van der Waals surface area contributed by atoms with Crippen molar-refractivity contribution in [2.45, 2.75) is 51.2 Å². The number of carbonyl (C=O) groups is 1. The first-order chi connectivity index (χ1) is 12.6. The van der Waals surface area contributed by atoms with Crippen LogP contribution in [0.2, 0.25) is 0 Å². The van der Waals surface area contributed by atoms with Crippen LogP contribution in [0.15, 0.2) is 24.4 Å². The molecule has 6 nitrogen and oxygen atoms in total. The van der Waals surface area contributed by atoms with E-state index in [4.69, 9.17) is 0 Å². The number of pyridine rings is 1. The molecule has 1 atom stereocenters. The number of aliphatic hydroxyl groups is 1. The summed E-state index contributed by atoms with van der Waals surface area (Å²) >= 11 is 0. The van der Waals surface area contributed by atoms with Crippen LogP contribution in [0, 0.1) is 0 Å². The molecule has 6 heteroatoms. The van der Waals surface area contributed by atoms with Crippen LogP contribution in [0.3, 0.4) is 0 Å². The first kappa shape index (κ1) is 17.5. The summed E-state index contributed by atoms with van der Waals surface area (Å²) < 4.78 is 2.03. The van der Waals surface area contributed by atoms with Crippen LogP contribution >= 0.6 is 0 Å². The van der Waals surface area contributed by atoms with Gasteiger partial charge in [0.2, 0.25) is 0 Å². The highest BCUT2D eigenvalue weighted by atomic mass is 16.3. The van der Waals surface area contributed by atoms with E-state index in [1.165, 1.54) is 0 Å². The molecular formula is C20H28N4O2. The van der Waals surface area contributed by atoms with Gasteiger partial charge in [-0.2, -0.15) is 0 Å². The molecule has 0 unspecified atom stereocenters. The average Bonchev–Trinajstić information content (AvgIpc) is 3.30. The van der Waals surface area contributed by atoms with E-state index in [1.807, 2.05) is 40.6 Å². The van der Waals surface area contributed by atoms with Crippen LogP contribution in [0.25, 0.3) is 5.65 Å². The van der Waals surface area contributed by atoms with E-state index in [1.54, 1.807) is 0 Å². The van der Waals surface area contributed by atoms with Crippen molar-refractivity contribution in [1.82, 2.24) is 19.2 Å². The minimum atomic E-state index is -0.613. The molecule has 1 N–H and O–H groups in total. The molecule has 2 saturated heterocycles. The number of amides is 1. The fourth-order valence-electron chi connectivity index (χ4n) is 4.28. The minimum absolute atomic E-state index is 0.0453. The molecule has 2 aromatic heterocycles. The molecule has 4 heterocycles. The summed E-state index contributed by atoms with van der Waals surface area (Å²) in [7, 11) is 0. The number of likely N-dealkylation sites (tertiary alicyclic amines) is 2. The molecule has 140 valence electrons. The molecule has 26 heavy (non-hydrogen) atoms. The van der Waals surface area contributed by atoms with Gasteiger partial charge in [-0.15, -0.1) is 0 Å². The van der Waals surface area contributed by atoms with Gasteiger partial charge < -0.3 is 14.4 Å². The molecule has 2 aliphatic rings. The second-order valence-corrected chi connectivity index (χ2v) is 7.73. The fourth-order valence-corrected chi connectivity index (χ4v) is 4.28. The van der Waals surface area contributed by atoms with E-state index < -0.39 is 5.60 Å². The number of piperidine rings is 1. The molecule has 2 fully saturated rings. The van der Waals surface area contributed by atoms with Crippen LogP contribution < -0.4 is 0 Å². The Morgan fingerprint density at radius 3 is 2.81 bits per heavy atom. The molecular weight excluding hydrogens is 328 g/mol. The summed E-state index contributed by atoms with van der Waals surface area (Å²) in [6, 6.07) is 5.87. The van der Waals surface area contributed by atoms with E-state index in [2.05, 4.69) is 9.88 Å². The Morgan fingerprint density at radius 2 is 2.04 bits per heavy atom.